The highest BCUT2D eigenvalue weighted by Crippen LogP contribution is 2.13. The number of nitrogens with one attached hydrogen (secondary N) is 1. The predicted molar refractivity (Wildman–Crippen MR) is 93.7 cm³/mol. The third-order valence-electron chi connectivity index (χ3n) is 3.72. The van der Waals surface area contributed by atoms with Gasteiger partial charge in [-0.05, 0) is 32.9 Å². The number of aryl methyl sites for hydroxylation is 2. The molecule has 0 atom stereocenters. The van der Waals surface area contributed by atoms with Gasteiger partial charge in [-0.2, -0.15) is 0 Å². The van der Waals surface area contributed by atoms with E-state index in [0.29, 0.717) is 18.7 Å². The van der Waals surface area contributed by atoms with Gasteiger partial charge in [0.15, 0.2) is 5.69 Å². The molecule has 0 radical (unpaired) electrons. The van der Waals surface area contributed by atoms with E-state index in [1.807, 2.05) is 50.4 Å². The van der Waals surface area contributed by atoms with Gasteiger partial charge in [-0.1, -0.05) is 22.9 Å². The topological polar surface area (TPSA) is 72.7 Å². The molecule has 2 heterocycles. The van der Waals surface area contributed by atoms with Crippen LogP contribution in [0.5, 0.6) is 0 Å². The largest absolute Gasteiger partial charge is 0.350 e. The zero-order valence-corrected chi connectivity index (χ0v) is 14.7. The van der Waals surface area contributed by atoms with Gasteiger partial charge in [0.05, 0.1) is 22.1 Å². The van der Waals surface area contributed by atoms with Crippen LogP contribution < -0.4 is 5.32 Å². The third-order valence-corrected chi connectivity index (χ3v) is 4.54. The summed E-state index contributed by atoms with van der Waals surface area (Å²) in [6, 6.07) is 7.94. The minimum Gasteiger partial charge on any atom is -0.350 e. The third kappa shape index (κ3) is 3.51. The summed E-state index contributed by atoms with van der Waals surface area (Å²) in [4.78, 5) is 16.7. The molecule has 3 rings (SSSR count). The maximum atomic E-state index is 12.3. The van der Waals surface area contributed by atoms with Crippen LogP contribution in [-0.2, 0) is 6.42 Å². The first-order valence-corrected chi connectivity index (χ1v) is 8.61. The lowest BCUT2D eigenvalue weighted by Crippen LogP contribution is -2.26. The molecule has 3 aromatic rings. The van der Waals surface area contributed by atoms with Gasteiger partial charge in [0, 0.05) is 18.3 Å². The van der Waals surface area contributed by atoms with Crippen molar-refractivity contribution in [3.8, 4) is 5.69 Å². The normalized spacial score (nSPS) is 10.8. The number of benzene rings is 1. The highest BCUT2D eigenvalue weighted by molar-refractivity contribution is 7.09. The van der Waals surface area contributed by atoms with Gasteiger partial charge in [-0.3, -0.25) is 4.79 Å². The average Bonchev–Trinajstić information content (AvgIpc) is 3.14. The highest BCUT2D eigenvalue weighted by Gasteiger charge is 2.17. The number of rotatable bonds is 5. The molecule has 1 amide bonds. The molecule has 0 saturated carbocycles. The molecule has 0 aliphatic carbocycles. The predicted octanol–water partition coefficient (Wildman–Crippen LogP) is 2.62. The highest BCUT2D eigenvalue weighted by atomic mass is 32.1. The van der Waals surface area contributed by atoms with E-state index in [9.17, 15) is 4.79 Å². The quantitative estimate of drug-likeness (QED) is 0.774. The van der Waals surface area contributed by atoms with Crippen LogP contribution in [0.25, 0.3) is 5.69 Å². The number of aromatic nitrogens is 4. The second-order valence-electron chi connectivity index (χ2n) is 5.63. The molecular formula is C17H19N5OS. The van der Waals surface area contributed by atoms with Crippen molar-refractivity contribution < 1.29 is 4.79 Å². The fourth-order valence-electron chi connectivity index (χ4n) is 2.38. The molecule has 0 saturated heterocycles. The molecular weight excluding hydrogens is 322 g/mol. The van der Waals surface area contributed by atoms with Crippen molar-refractivity contribution in [1.29, 1.82) is 0 Å². The zero-order valence-electron chi connectivity index (χ0n) is 13.9. The van der Waals surface area contributed by atoms with Crippen LogP contribution in [0.2, 0.25) is 0 Å². The number of thiazole rings is 1. The molecule has 1 aromatic carbocycles. The summed E-state index contributed by atoms with van der Waals surface area (Å²) in [5, 5.41) is 14.1. The van der Waals surface area contributed by atoms with Crippen molar-refractivity contribution in [2.24, 2.45) is 0 Å². The maximum absolute atomic E-state index is 12.3. The van der Waals surface area contributed by atoms with Crippen molar-refractivity contribution in [3.63, 3.8) is 0 Å². The lowest BCUT2D eigenvalue weighted by molar-refractivity contribution is 0.0948. The SMILES string of the molecule is Cc1ccc(-n2nnc(C(=O)NCCc3csc(C)n3)c2C)cc1. The van der Waals surface area contributed by atoms with E-state index in [2.05, 4.69) is 20.6 Å². The van der Waals surface area contributed by atoms with E-state index in [1.165, 1.54) is 5.56 Å². The molecule has 0 unspecified atom stereocenters. The van der Waals surface area contributed by atoms with E-state index >= 15 is 0 Å². The minimum atomic E-state index is -0.210. The molecule has 24 heavy (non-hydrogen) atoms. The number of hydrogen-bond acceptors (Lipinski definition) is 5. The molecule has 0 spiro atoms. The fraction of sp³-hybridized carbons (Fsp3) is 0.294. The molecule has 1 N–H and O–H groups in total. The van der Waals surface area contributed by atoms with Crippen LogP contribution in [0.1, 0.15) is 32.4 Å². The monoisotopic (exact) mass is 341 g/mol. The number of carbonyl (C=O) groups is 1. The van der Waals surface area contributed by atoms with Crippen LogP contribution >= 0.6 is 11.3 Å². The Kier molecular flexibility index (Phi) is 4.71. The molecule has 0 aliphatic heterocycles. The van der Waals surface area contributed by atoms with Gasteiger partial charge in [-0.15, -0.1) is 16.4 Å². The summed E-state index contributed by atoms with van der Waals surface area (Å²) in [6.07, 6.45) is 0.710. The van der Waals surface area contributed by atoms with Crippen molar-refractivity contribution >= 4 is 17.2 Å². The van der Waals surface area contributed by atoms with E-state index in [4.69, 9.17) is 0 Å². The van der Waals surface area contributed by atoms with Gasteiger partial charge in [0.2, 0.25) is 0 Å². The van der Waals surface area contributed by atoms with Crippen LogP contribution in [0.15, 0.2) is 29.6 Å². The summed E-state index contributed by atoms with van der Waals surface area (Å²) in [7, 11) is 0. The molecule has 7 heteroatoms. The Morgan fingerprint density at radius 2 is 1.96 bits per heavy atom. The minimum absolute atomic E-state index is 0.210. The van der Waals surface area contributed by atoms with Gasteiger partial charge in [0.25, 0.3) is 5.91 Å². The van der Waals surface area contributed by atoms with Gasteiger partial charge in [0.1, 0.15) is 0 Å². The lowest BCUT2D eigenvalue weighted by atomic mass is 10.2. The Morgan fingerprint density at radius 1 is 1.21 bits per heavy atom. The second kappa shape index (κ2) is 6.92. The summed E-state index contributed by atoms with van der Waals surface area (Å²) in [5.41, 5.74) is 4.14. The Balaban J connectivity index is 1.66. The Hall–Kier alpha value is -2.54. The number of hydrogen-bond donors (Lipinski definition) is 1. The number of amides is 1. The second-order valence-corrected chi connectivity index (χ2v) is 6.70. The van der Waals surface area contributed by atoms with Crippen LogP contribution in [0.4, 0.5) is 0 Å². The average molecular weight is 341 g/mol. The first-order valence-electron chi connectivity index (χ1n) is 7.73. The number of nitrogens with zero attached hydrogens (tertiary/aromatic N) is 4. The summed E-state index contributed by atoms with van der Waals surface area (Å²) in [5.74, 6) is -0.210. The maximum Gasteiger partial charge on any atom is 0.273 e. The van der Waals surface area contributed by atoms with Crippen molar-refractivity contribution in [1.82, 2.24) is 25.3 Å². The lowest BCUT2D eigenvalue weighted by Gasteiger charge is -2.05. The van der Waals surface area contributed by atoms with E-state index < -0.39 is 0 Å². The van der Waals surface area contributed by atoms with Crippen LogP contribution in [0, 0.1) is 20.8 Å². The standard InChI is InChI=1S/C17H19N5OS/c1-11-4-6-15(7-5-11)22-12(2)16(20-21-22)17(23)18-9-8-14-10-24-13(3)19-14/h4-7,10H,8-9H2,1-3H3,(H,18,23). The fourth-order valence-corrected chi connectivity index (χ4v) is 3.03. The van der Waals surface area contributed by atoms with Crippen molar-refractivity contribution in [2.45, 2.75) is 27.2 Å². The number of carbonyl (C=O) groups excluding carboxylic acids is 1. The van der Waals surface area contributed by atoms with Crippen molar-refractivity contribution in [3.05, 3.63) is 57.3 Å². The first kappa shape index (κ1) is 16.3. The Bertz CT molecular complexity index is 850. The Morgan fingerprint density at radius 3 is 2.62 bits per heavy atom. The van der Waals surface area contributed by atoms with Gasteiger partial charge < -0.3 is 5.32 Å². The molecule has 6 nitrogen and oxygen atoms in total. The van der Waals surface area contributed by atoms with E-state index in [1.54, 1.807) is 16.0 Å². The summed E-state index contributed by atoms with van der Waals surface area (Å²) < 4.78 is 1.68. The zero-order chi connectivity index (χ0) is 17.1. The van der Waals surface area contributed by atoms with Crippen LogP contribution in [0.3, 0.4) is 0 Å². The van der Waals surface area contributed by atoms with Crippen molar-refractivity contribution in [2.75, 3.05) is 6.54 Å². The smallest absolute Gasteiger partial charge is 0.273 e. The van der Waals surface area contributed by atoms with Crippen LogP contribution in [-0.4, -0.2) is 32.4 Å². The molecule has 124 valence electrons. The van der Waals surface area contributed by atoms with Gasteiger partial charge in [-0.25, -0.2) is 9.67 Å². The van der Waals surface area contributed by atoms with E-state index in [-0.39, 0.29) is 5.91 Å². The van der Waals surface area contributed by atoms with E-state index in [0.717, 1.165) is 22.1 Å². The molecule has 0 fully saturated rings. The van der Waals surface area contributed by atoms with Gasteiger partial charge >= 0.3 is 0 Å². The molecule has 0 bridgehead atoms. The molecule has 2 aromatic heterocycles. The summed E-state index contributed by atoms with van der Waals surface area (Å²) in [6.45, 7) is 6.37. The molecule has 0 aliphatic rings. The summed E-state index contributed by atoms with van der Waals surface area (Å²) >= 11 is 1.61. The Labute approximate surface area is 144 Å². The first-order chi connectivity index (χ1) is 11.5.